The Morgan fingerprint density at radius 3 is 2.59 bits per heavy atom. The van der Waals surface area contributed by atoms with Gasteiger partial charge in [-0.1, -0.05) is 32.0 Å². The number of nitrogens with zero attached hydrogens (tertiary/aromatic N) is 6. The molecule has 0 N–H and O–H groups in total. The fourth-order valence-electron chi connectivity index (χ4n) is 5.47. The molecule has 2 aliphatic rings. The topological polar surface area (TPSA) is 82.5 Å². The number of para-hydroxylation sites is 1. The minimum absolute atomic E-state index is 0.279. The zero-order valence-electron chi connectivity index (χ0n) is 21.4. The maximum absolute atomic E-state index is 13.6. The van der Waals surface area contributed by atoms with Gasteiger partial charge in [0.1, 0.15) is 21.4 Å². The molecule has 5 heterocycles. The lowest BCUT2D eigenvalue weighted by molar-refractivity contribution is 0.272. The zero-order valence-corrected chi connectivity index (χ0v) is 23.0. The maximum atomic E-state index is 13.6. The molecule has 10 heteroatoms. The van der Waals surface area contributed by atoms with Crippen molar-refractivity contribution in [1.82, 2.24) is 24.2 Å². The van der Waals surface area contributed by atoms with Crippen LogP contribution >= 0.6 is 11.3 Å². The SMILES string of the molecule is CCCc1nc(N2CCN(S(=O)(=O)c3cccc4cccnc34)CC2)c2c3c(sc2n1)CN(CC)CC3. The van der Waals surface area contributed by atoms with E-state index in [2.05, 4.69) is 28.6 Å². The van der Waals surface area contributed by atoms with Gasteiger partial charge < -0.3 is 4.90 Å². The van der Waals surface area contributed by atoms with Gasteiger partial charge in [-0.2, -0.15) is 4.31 Å². The van der Waals surface area contributed by atoms with Crippen LogP contribution in [0.3, 0.4) is 0 Å². The Labute approximate surface area is 222 Å². The highest BCUT2D eigenvalue weighted by atomic mass is 32.2. The van der Waals surface area contributed by atoms with E-state index in [1.54, 1.807) is 22.6 Å². The molecule has 1 saturated heterocycles. The van der Waals surface area contributed by atoms with E-state index in [4.69, 9.17) is 9.97 Å². The van der Waals surface area contributed by atoms with Gasteiger partial charge in [0.2, 0.25) is 10.0 Å². The lowest BCUT2D eigenvalue weighted by atomic mass is 10.0. The number of benzene rings is 1. The molecule has 0 saturated carbocycles. The van der Waals surface area contributed by atoms with E-state index in [0.29, 0.717) is 31.7 Å². The van der Waals surface area contributed by atoms with Crippen LogP contribution in [0.2, 0.25) is 0 Å². The van der Waals surface area contributed by atoms with Crippen LogP contribution in [0.4, 0.5) is 5.82 Å². The zero-order chi connectivity index (χ0) is 25.6. The summed E-state index contributed by atoms with van der Waals surface area (Å²) in [7, 11) is -3.66. The average molecular weight is 537 g/mol. The summed E-state index contributed by atoms with van der Waals surface area (Å²) < 4.78 is 28.9. The maximum Gasteiger partial charge on any atom is 0.245 e. The molecule has 0 atom stereocenters. The minimum atomic E-state index is -3.66. The number of pyridine rings is 1. The first-order valence-electron chi connectivity index (χ1n) is 13.1. The van der Waals surface area contributed by atoms with Gasteiger partial charge in [0.15, 0.2) is 0 Å². The number of hydrogen-bond acceptors (Lipinski definition) is 8. The monoisotopic (exact) mass is 536 g/mol. The Bertz CT molecular complexity index is 1550. The molecular formula is C27H32N6O2S2. The van der Waals surface area contributed by atoms with Gasteiger partial charge in [-0.15, -0.1) is 11.3 Å². The van der Waals surface area contributed by atoms with Crippen molar-refractivity contribution in [2.24, 2.45) is 0 Å². The minimum Gasteiger partial charge on any atom is -0.353 e. The first-order valence-corrected chi connectivity index (χ1v) is 15.4. The first-order chi connectivity index (χ1) is 18.0. The van der Waals surface area contributed by atoms with Gasteiger partial charge in [0.05, 0.1) is 10.9 Å². The predicted octanol–water partition coefficient (Wildman–Crippen LogP) is 4.08. The van der Waals surface area contributed by atoms with E-state index in [-0.39, 0.29) is 4.90 Å². The Morgan fingerprint density at radius 2 is 1.81 bits per heavy atom. The number of fused-ring (bicyclic) bond motifs is 4. The Kier molecular flexibility index (Phi) is 6.60. The summed E-state index contributed by atoms with van der Waals surface area (Å²) in [5.74, 6) is 1.87. The molecule has 1 aromatic carbocycles. The third-order valence-electron chi connectivity index (χ3n) is 7.48. The van der Waals surface area contributed by atoms with Crippen molar-refractivity contribution in [2.75, 3.05) is 44.2 Å². The van der Waals surface area contributed by atoms with E-state index in [0.717, 1.165) is 60.8 Å². The molecule has 0 radical (unpaired) electrons. The van der Waals surface area contributed by atoms with E-state index in [1.165, 1.54) is 15.8 Å². The number of rotatable bonds is 6. The second-order valence-corrected chi connectivity index (χ2v) is 12.7. The molecule has 8 nitrogen and oxygen atoms in total. The molecule has 0 spiro atoms. The first kappa shape index (κ1) is 24.7. The molecule has 3 aromatic heterocycles. The van der Waals surface area contributed by atoms with Gasteiger partial charge in [-0.05, 0) is 37.1 Å². The van der Waals surface area contributed by atoms with Gasteiger partial charge >= 0.3 is 0 Å². The number of aromatic nitrogens is 3. The van der Waals surface area contributed by atoms with Crippen LogP contribution in [0, 0.1) is 0 Å². The number of likely N-dealkylation sites (N-methyl/N-ethyl adjacent to an activating group) is 1. The van der Waals surface area contributed by atoms with Crippen LogP contribution in [0.25, 0.3) is 21.1 Å². The van der Waals surface area contributed by atoms with Crippen molar-refractivity contribution in [1.29, 1.82) is 0 Å². The number of anilines is 1. The number of thiophene rings is 1. The van der Waals surface area contributed by atoms with Crippen LogP contribution in [0.5, 0.6) is 0 Å². The second-order valence-electron chi connectivity index (χ2n) is 9.74. The summed E-state index contributed by atoms with van der Waals surface area (Å²) >= 11 is 1.81. The molecule has 0 unspecified atom stereocenters. The average Bonchev–Trinajstić information content (AvgIpc) is 3.30. The van der Waals surface area contributed by atoms with Crippen molar-refractivity contribution >= 4 is 48.3 Å². The standard InChI is InChI=1S/C27H32N6O2S2/c1-3-7-23-29-26(24-20-11-13-31(4-2)18-21(20)36-27(24)30-23)32-14-16-33(17-15-32)37(34,35)22-10-5-8-19-9-6-12-28-25(19)22/h5-6,8-10,12H,3-4,7,11,13-18H2,1-2H3. The normalized spacial score (nSPS) is 17.5. The highest BCUT2D eigenvalue weighted by Gasteiger charge is 2.32. The van der Waals surface area contributed by atoms with Crippen LogP contribution in [-0.4, -0.2) is 71.8 Å². The van der Waals surface area contributed by atoms with Gasteiger partial charge in [-0.3, -0.25) is 9.88 Å². The van der Waals surface area contributed by atoms with Crippen molar-refractivity contribution < 1.29 is 8.42 Å². The van der Waals surface area contributed by atoms with E-state index >= 15 is 0 Å². The Hall–Kier alpha value is -2.66. The number of sulfonamides is 1. The molecule has 6 rings (SSSR count). The molecule has 1 fully saturated rings. The summed E-state index contributed by atoms with van der Waals surface area (Å²) in [6.45, 7) is 9.46. The number of piperazine rings is 1. The second kappa shape index (κ2) is 9.90. The molecular weight excluding hydrogens is 504 g/mol. The highest BCUT2D eigenvalue weighted by molar-refractivity contribution is 7.89. The smallest absolute Gasteiger partial charge is 0.245 e. The summed E-state index contributed by atoms with van der Waals surface area (Å²) in [5.41, 5.74) is 1.92. The Morgan fingerprint density at radius 1 is 1.00 bits per heavy atom. The van der Waals surface area contributed by atoms with E-state index < -0.39 is 10.0 Å². The van der Waals surface area contributed by atoms with E-state index in [1.807, 2.05) is 29.5 Å². The lowest BCUT2D eigenvalue weighted by Crippen LogP contribution is -2.49. The van der Waals surface area contributed by atoms with Crippen molar-refractivity contribution in [3.05, 3.63) is 52.8 Å². The van der Waals surface area contributed by atoms with Crippen molar-refractivity contribution in [3.63, 3.8) is 0 Å². The quantitative estimate of drug-likeness (QED) is 0.367. The third-order valence-corrected chi connectivity index (χ3v) is 10.5. The summed E-state index contributed by atoms with van der Waals surface area (Å²) in [6.07, 6.45) is 4.49. The van der Waals surface area contributed by atoms with E-state index in [9.17, 15) is 8.42 Å². The van der Waals surface area contributed by atoms with Crippen LogP contribution < -0.4 is 4.90 Å². The molecule has 0 amide bonds. The molecule has 4 aromatic rings. The van der Waals surface area contributed by atoms with Crippen LogP contribution in [-0.2, 0) is 29.4 Å². The fraction of sp³-hybridized carbons (Fsp3) is 0.444. The van der Waals surface area contributed by atoms with Crippen molar-refractivity contribution in [2.45, 2.75) is 44.6 Å². The van der Waals surface area contributed by atoms with Crippen LogP contribution in [0.1, 0.15) is 36.5 Å². The van der Waals surface area contributed by atoms with Gasteiger partial charge in [-0.25, -0.2) is 18.4 Å². The molecule has 194 valence electrons. The molecule has 2 aliphatic heterocycles. The summed E-state index contributed by atoms with van der Waals surface area (Å²) in [4.78, 5) is 21.9. The van der Waals surface area contributed by atoms with Crippen LogP contribution in [0.15, 0.2) is 41.4 Å². The lowest BCUT2D eigenvalue weighted by Gasteiger charge is -2.35. The molecule has 0 bridgehead atoms. The number of hydrogen-bond donors (Lipinski definition) is 0. The summed E-state index contributed by atoms with van der Waals surface area (Å²) in [6, 6.07) is 9.08. The molecule has 37 heavy (non-hydrogen) atoms. The van der Waals surface area contributed by atoms with Gasteiger partial charge in [0.25, 0.3) is 0 Å². The van der Waals surface area contributed by atoms with Crippen molar-refractivity contribution in [3.8, 4) is 0 Å². The van der Waals surface area contributed by atoms with Gasteiger partial charge in [0, 0.05) is 62.1 Å². The predicted molar refractivity (Wildman–Crippen MR) is 149 cm³/mol. The Balaban J connectivity index is 1.31. The fourth-order valence-corrected chi connectivity index (χ4v) is 8.33. The summed E-state index contributed by atoms with van der Waals surface area (Å²) in [5, 5.41) is 2.02. The molecule has 0 aliphatic carbocycles. The largest absolute Gasteiger partial charge is 0.353 e. The number of aryl methyl sites for hydroxylation is 1. The highest BCUT2D eigenvalue weighted by Crippen LogP contribution is 2.39. The third kappa shape index (κ3) is 4.39.